The summed E-state index contributed by atoms with van der Waals surface area (Å²) in [5.41, 5.74) is 0. The molecule has 0 spiro atoms. The zero-order valence-corrected chi connectivity index (χ0v) is 14.2. The number of nitrogens with one attached hydrogen (secondary N) is 1. The van der Waals surface area contributed by atoms with E-state index in [4.69, 9.17) is 16.3 Å². The van der Waals surface area contributed by atoms with Gasteiger partial charge >= 0.3 is 6.01 Å². The summed E-state index contributed by atoms with van der Waals surface area (Å²) in [6.45, 7) is 2.05. The Kier molecular flexibility index (Phi) is 4.92. The number of carbonyl (C=O) groups is 1. The van der Waals surface area contributed by atoms with Crippen LogP contribution in [0.15, 0.2) is 12.1 Å². The molecule has 0 aliphatic carbocycles. The molecular weight excluding hydrogens is 338 g/mol. The molecule has 0 bridgehead atoms. The average Bonchev–Trinajstić information content (AvgIpc) is 3.23. The molecule has 7 nitrogen and oxygen atoms in total. The molecule has 1 N–H and O–H groups in total. The molecule has 122 valence electrons. The average molecular weight is 354 g/mol. The first-order valence-corrected chi connectivity index (χ1v) is 8.42. The van der Waals surface area contributed by atoms with Gasteiger partial charge in [0.2, 0.25) is 5.95 Å². The van der Waals surface area contributed by atoms with Crippen molar-refractivity contribution in [1.29, 1.82) is 0 Å². The smallest absolute Gasteiger partial charge is 0.321 e. The third-order valence-electron chi connectivity index (χ3n) is 3.42. The van der Waals surface area contributed by atoms with Gasteiger partial charge < -0.3 is 15.0 Å². The third-order valence-corrected chi connectivity index (χ3v) is 4.65. The number of hydrogen-bond donors (Lipinski definition) is 1. The highest BCUT2D eigenvalue weighted by molar-refractivity contribution is 7.17. The Balaban J connectivity index is 1.71. The van der Waals surface area contributed by atoms with Crippen molar-refractivity contribution >= 4 is 34.8 Å². The summed E-state index contributed by atoms with van der Waals surface area (Å²) in [6, 6.07) is 3.63. The fourth-order valence-electron chi connectivity index (χ4n) is 2.30. The van der Waals surface area contributed by atoms with Crippen molar-refractivity contribution < 1.29 is 9.53 Å². The molecule has 2 aromatic heterocycles. The zero-order valence-electron chi connectivity index (χ0n) is 12.6. The van der Waals surface area contributed by atoms with Crippen LogP contribution in [0.25, 0.3) is 0 Å². The Morgan fingerprint density at radius 2 is 2.13 bits per heavy atom. The minimum Gasteiger partial charge on any atom is -0.467 e. The second-order valence-electron chi connectivity index (χ2n) is 5.02. The predicted octanol–water partition coefficient (Wildman–Crippen LogP) is 2.13. The fraction of sp³-hybridized carbons (Fsp3) is 0.429. The van der Waals surface area contributed by atoms with Crippen LogP contribution in [-0.2, 0) is 6.54 Å². The molecule has 1 saturated heterocycles. The number of methoxy groups -OCH3 is 1. The molecule has 0 aromatic carbocycles. The number of thiophene rings is 1. The van der Waals surface area contributed by atoms with E-state index >= 15 is 0 Å². The maximum absolute atomic E-state index is 12.1. The van der Waals surface area contributed by atoms with Gasteiger partial charge in [-0.05, 0) is 25.0 Å². The van der Waals surface area contributed by atoms with E-state index in [2.05, 4.69) is 25.2 Å². The minimum atomic E-state index is -0.205. The predicted molar refractivity (Wildman–Crippen MR) is 88.3 cm³/mol. The summed E-state index contributed by atoms with van der Waals surface area (Å²) >= 11 is 7.07. The first kappa shape index (κ1) is 15.9. The van der Waals surface area contributed by atoms with E-state index in [1.54, 1.807) is 12.1 Å². The Hall–Kier alpha value is -1.93. The van der Waals surface area contributed by atoms with Gasteiger partial charge in [-0.1, -0.05) is 11.6 Å². The largest absolute Gasteiger partial charge is 0.467 e. The van der Waals surface area contributed by atoms with Gasteiger partial charge in [0.1, 0.15) is 0 Å². The first-order chi connectivity index (χ1) is 11.2. The summed E-state index contributed by atoms with van der Waals surface area (Å²) in [4.78, 5) is 27.6. The third kappa shape index (κ3) is 3.89. The van der Waals surface area contributed by atoms with Crippen LogP contribution in [0.2, 0.25) is 4.34 Å². The minimum absolute atomic E-state index is 0.202. The molecular formula is C14H16ClN5O2S. The fourth-order valence-corrected chi connectivity index (χ4v) is 3.26. The molecule has 0 unspecified atom stereocenters. The topological polar surface area (TPSA) is 80.2 Å². The Labute approximate surface area is 142 Å². The van der Waals surface area contributed by atoms with Crippen LogP contribution in [0, 0.1) is 0 Å². The molecule has 1 fully saturated rings. The molecule has 0 saturated carbocycles. The van der Waals surface area contributed by atoms with E-state index < -0.39 is 0 Å². The number of ether oxygens (including phenoxy) is 1. The van der Waals surface area contributed by atoms with Gasteiger partial charge in [-0.25, -0.2) is 0 Å². The highest BCUT2D eigenvalue weighted by atomic mass is 35.5. The molecule has 3 heterocycles. The van der Waals surface area contributed by atoms with Crippen LogP contribution >= 0.6 is 22.9 Å². The van der Waals surface area contributed by atoms with Crippen LogP contribution in [0.3, 0.4) is 0 Å². The van der Waals surface area contributed by atoms with Crippen LogP contribution in [0.5, 0.6) is 6.01 Å². The lowest BCUT2D eigenvalue weighted by Crippen LogP contribution is -2.25. The first-order valence-electron chi connectivity index (χ1n) is 7.23. The SMILES string of the molecule is COc1nc(CNC(=O)c2ccc(Cl)s2)nc(N2CCCC2)n1. The van der Waals surface area contributed by atoms with Gasteiger partial charge in [-0.15, -0.1) is 11.3 Å². The number of aromatic nitrogens is 3. The van der Waals surface area contributed by atoms with Gasteiger partial charge in [-0.3, -0.25) is 4.79 Å². The highest BCUT2D eigenvalue weighted by Gasteiger charge is 2.18. The summed E-state index contributed by atoms with van der Waals surface area (Å²) in [5, 5.41) is 2.78. The van der Waals surface area contributed by atoms with Crippen LogP contribution in [-0.4, -0.2) is 41.1 Å². The van der Waals surface area contributed by atoms with E-state index in [1.165, 1.54) is 18.4 Å². The second-order valence-corrected chi connectivity index (χ2v) is 6.73. The summed E-state index contributed by atoms with van der Waals surface area (Å²) in [6.07, 6.45) is 2.25. The van der Waals surface area contributed by atoms with Gasteiger partial charge in [0, 0.05) is 13.1 Å². The number of anilines is 1. The summed E-state index contributed by atoms with van der Waals surface area (Å²) in [5.74, 6) is 0.858. The number of nitrogens with zero attached hydrogens (tertiary/aromatic N) is 4. The zero-order chi connectivity index (χ0) is 16.2. The number of hydrogen-bond acceptors (Lipinski definition) is 7. The monoisotopic (exact) mass is 353 g/mol. The van der Waals surface area contributed by atoms with Crippen molar-refractivity contribution in [2.75, 3.05) is 25.1 Å². The molecule has 0 atom stereocenters. The normalized spacial score (nSPS) is 14.1. The van der Waals surface area contributed by atoms with E-state index in [1.807, 2.05) is 0 Å². The van der Waals surface area contributed by atoms with E-state index in [0.29, 0.717) is 21.0 Å². The summed E-state index contributed by atoms with van der Waals surface area (Å²) < 4.78 is 5.71. The highest BCUT2D eigenvalue weighted by Crippen LogP contribution is 2.21. The standard InChI is InChI=1S/C14H16ClN5O2S/c1-22-14-18-11(17-13(19-14)20-6-2-3-7-20)8-16-12(21)9-4-5-10(15)23-9/h4-5H,2-3,6-8H2,1H3,(H,16,21). The number of rotatable bonds is 5. The van der Waals surface area contributed by atoms with Crippen molar-refractivity contribution in [1.82, 2.24) is 20.3 Å². The van der Waals surface area contributed by atoms with Crippen molar-refractivity contribution in [2.45, 2.75) is 19.4 Å². The number of carbonyl (C=O) groups excluding carboxylic acids is 1. The van der Waals surface area contributed by atoms with Crippen LogP contribution < -0.4 is 15.0 Å². The maximum Gasteiger partial charge on any atom is 0.321 e. The Morgan fingerprint density at radius 3 is 2.78 bits per heavy atom. The lowest BCUT2D eigenvalue weighted by molar-refractivity contribution is 0.0953. The van der Waals surface area contributed by atoms with Gasteiger partial charge in [0.05, 0.1) is 22.9 Å². The molecule has 3 rings (SSSR count). The Bertz CT molecular complexity index is 702. The molecule has 1 amide bonds. The lowest BCUT2D eigenvalue weighted by atomic mass is 10.4. The van der Waals surface area contributed by atoms with E-state index in [0.717, 1.165) is 25.9 Å². The second kappa shape index (κ2) is 7.10. The molecule has 23 heavy (non-hydrogen) atoms. The van der Waals surface area contributed by atoms with Crippen LogP contribution in [0.4, 0.5) is 5.95 Å². The molecule has 0 radical (unpaired) electrons. The summed E-state index contributed by atoms with van der Waals surface area (Å²) in [7, 11) is 1.51. The van der Waals surface area contributed by atoms with Gasteiger partial charge in [-0.2, -0.15) is 15.0 Å². The van der Waals surface area contributed by atoms with Crippen molar-refractivity contribution in [3.63, 3.8) is 0 Å². The van der Waals surface area contributed by atoms with Crippen molar-refractivity contribution in [3.8, 4) is 6.01 Å². The molecule has 1 aliphatic rings. The number of amides is 1. The lowest BCUT2D eigenvalue weighted by Gasteiger charge is -2.16. The number of halogens is 1. The maximum atomic E-state index is 12.1. The van der Waals surface area contributed by atoms with Crippen molar-refractivity contribution in [3.05, 3.63) is 27.2 Å². The Morgan fingerprint density at radius 1 is 1.35 bits per heavy atom. The molecule has 1 aliphatic heterocycles. The van der Waals surface area contributed by atoms with E-state index in [9.17, 15) is 4.79 Å². The molecule has 2 aromatic rings. The van der Waals surface area contributed by atoms with Gasteiger partial charge in [0.15, 0.2) is 5.82 Å². The van der Waals surface area contributed by atoms with Crippen LogP contribution in [0.1, 0.15) is 28.3 Å². The quantitative estimate of drug-likeness (QED) is 0.886. The van der Waals surface area contributed by atoms with E-state index in [-0.39, 0.29) is 18.5 Å². The van der Waals surface area contributed by atoms with Crippen molar-refractivity contribution in [2.24, 2.45) is 0 Å². The van der Waals surface area contributed by atoms with Gasteiger partial charge in [0.25, 0.3) is 5.91 Å². The molecule has 9 heteroatoms.